The summed E-state index contributed by atoms with van der Waals surface area (Å²) in [5, 5.41) is 15.3. The second kappa shape index (κ2) is 6.68. The Morgan fingerprint density at radius 3 is 2.95 bits per heavy atom. The zero-order valence-electron chi connectivity index (χ0n) is 11.4. The first kappa shape index (κ1) is 14.8. The van der Waals surface area contributed by atoms with Crippen molar-refractivity contribution in [3.05, 3.63) is 47.5 Å². The summed E-state index contributed by atoms with van der Waals surface area (Å²) in [7, 11) is 1.65. The summed E-state index contributed by atoms with van der Waals surface area (Å²) in [6.45, 7) is -0.0704. The summed E-state index contributed by atoms with van der Waals surface area (Å²) < 4.78 is 14.7. The van der Waals surface area contributed by atoms with E-state index in [0.717, 1.165) is 0 Å². The number of rotatable bonds is 3. The molecule has 108 valence electrons. The largest absolute Gasteiger partial charge is 0.395 e. The Morgan fingerprint density at radius 1 is 1.48 bits per heavy atom. The molecule has 0 aliphatic carbocycles. The lowest BCUT2D eigenvalue weighted by Crippen LogP contribution is -2.16. The molecule has 0 saturated heterocycles. The molecule has 1 aromatic carbocycles. The third-order valence-electron chi connectivity index (χ3n) is 2.74. The lowest BCUT2D eigenvalue weighted by atomic mass is 10.1. The second-order valence-corrected chi connectivity index (χ2v) is 4.26. The Hall–Kier alpha value is -2.65. The quantitative estimate of drug-likeness (QED) is 0.842. The zero-order chi connectivity index (χ0) is 15.2. The van der Waals surface area contributed by atoms with Gasteiger partial charge < -0.3 is 10.4 Å². The highest BCUT2D eigenvalue weighted by Gasteiger charge is 2.12. The smallest absolute Gasteiger partial charge is 0.273 e. The van der Waals surface area contributed by atoms with Crippen LogP contribution < -0.4 is 5.32 Å². The first-order valence-corrected chi connectivity index (χ1v) is 6.30. The number of hydrogen-bond acceptors (Lipinski definition) is 3. The van der Waals surface area contributed by atoms with E-state index >= 15 is 0 Å². The Morgan fingerprint density at radius 2 is 2.29 bits per heavy atom. The highest BCUT2D eigenvalue weighted by Crippen LogP contribution is 2.17. The van der Waals surface area contributed by atoms with Crippen LogP contribution in [0, 0.1) is 17.7 Å². The maximum Gasteiger partial charge on any atom is 0.273 e. The molecule has 1 aromatic heterocycles. The van der Waals surface area contributed by atoms with Crippen LogP contribution in [0.4, 0.5) is 10.1 Å². The van der Waals surface area contributed by atoms with Crippen LogP contribution in [0.1, 0.15) is 22.5 Å². The molecule has 1 heterocycles. The van der Waals surface area contributed by atoms with E-state index in [0.29, 0.717) is 16.9 Å². The van der Waals surface area contributed by atoms with E-state index in [4.69, 9.17) is 5.11 Å². The maximum absolute atomic E-state index is 13.3. The van der Waals surface area contributed by atoms with Gasteiger partial charge in [0, 0.05) is 19.7 Å². The van der Waals surface area contributed by atoms with Crippen molar-refractivity contribution in [3.8, 4) is 11.8 Å². The third kappa shape index (κ3) is 3.68. The second-order valence-electron chi connectivity index (χ2n) is 4.26. The van der Waals surface area contributed by atoms with Gasteiger partial charge in [-0.25, -0.2) is 4.39 Å². The summed E-state index contributed by atoms with van der Waals surface area (Å²) in [5.74, 6) is 4.64. The summed E-state index contributed by atoms with van der Waals surface area (Å²) in [6, 6.07) is 5.52. The van der Waals surface area contributed by atoms with Crippen LogP contribution in [0.2, 0.25) is 0 Å². The molecule has 0 bridgehead atoms. The van der Waals surface area contributed by atoms with E-state index < -0.39 is 5.82 Å². The van der Waals surface area contributed by atoms with Gasteiger partial charge in [0.05, 0.1) is 17.9 Å². The molecular weight excluding hydrogens is 273 g/mol. The Labute approximate surface area is 121 Å². The van der Waals surface area contributed by atoms with E-state index in [2.05, 4.69) is 22.3 Å². The predicted molar refractivity (Wildman–Crippen MR) is 76.1 cm³/mol. The molecular formula is C15H14FN3O2. The average Bonchev–Trinajstić information content (AvgIpc) is 2.88. The summed E-state index contributed by atoms with van der Waals surface area (Å²) in [4.78, 5) is 12.1. The average molecular weight is 287 g/mol. The van der Waals surface area contributed by atoms with Crippen molar-refractivity contribution in [2.24, 2.45) is 7.05 Å². The number of nitrogens with zero attached hydrogens (tertiary/aromatic N) is 2. The molecule has 6 heteroatoms. The number of aliphatic hydroxyl groups excluding tert-OH is 1. The molecule has 1 amide bonds. The van der Waals surface area contributed by atoms with Gasteiger partial charge in [-0.3, -0.25) is 9.48 Å². The minimum absolute atomic E-state index is 0.0704. The van der Waals surface area contributed by atoms with E-state index in [-0.39, 0.29) is 18.9 Å². The summed E-state index contributed by atoms with van der Waals surface area (Å²) >= 11 is 0. The number of hydrogen-bond donors (Lipinski definition) is 2. The number of anilines is 1. The van der Waals surface area contributed by atoms with Crippen molar-refractivity contribution in [3.63, 3.8) is 0 Å². The van der Waals surface area contributed by atoms with Gasteiger partial charge in [0.2, 0.25) is 0 Å². The Bertz CT molecular complexity index is 713. The molecule has 0 spiro atoms. The molecule has 0 aliphatic heterocycles. The lowest BCUT2D eigenvalue weighted by molar-refractivity contribution is 0.101. The fraction of sp³-hybridized carbons (Fsp3) is 0.200. The van der Waals surface area contributed by atoms with Gasteiger partial charge >= 0.3 is 0 Å². The molecule has 0 aliphatic rings. The number of aliphatic hydroxyl groups is 1. The van der Waals surface area contributed by atoms with E-state index in [9.17, 15) is 9.18 Å². The predicted octanol–water partition coefficient (Wildman–Crippen LogP) is 1.55. The Kier molecular flexibility index (Phi) is 4.69. The monoisotopic (exact) mass is 287 g/mol. The van der Waals surface area contributed by atoms with Crippen LogP contribution in [-0.4, -0.2) is 27.4 Å². The summed E-state index contributed by atoms with van der Waals surface area (Å²) in [5.41, 5.74) is 1.15. The molecule has 0 unspecified atom stereocenters. The molecule has 21 heavy (non-hydrogen) atoms. The van der Waals surface area contributed by atoms with Gasteiger partial charge in [-0.15, -0.1) is 0 Å². The molecule has 2 rings (SSSR count). The van der Waals surface area contributed by atoms with Crippen molar-refractivity contribution >= 4 is 11.6 Å². The number of carbonyl (C=O) groups is 1. The van der Waals surface area contributed by atoms with Gasteiger partial charge in [0.25, 0.3) is 5.91 Å². The number of halogens is 1. The van der Waals surface area contributed by atoms with Crippen molar-refractivity contribution < 1.29 is 14.3 Å². The van der Waals surface area contributed by atoms with Gasteiger partial charge in [-0.2, -0.15) is 5.10 Å². The van der Waals surface area contributed by atoms with Crippen LogP contribution in [0.15, 0.2) is 30.5 Å². The molecule has 0 saturated carbocycles. The van der Waals surface area contributed by atoms with Crippen LogP contribution >= 0.6 is 0 Å². The zero-order valence-corrected chi connectivity index (χ0v) is 11.4. The number of aromatic nitrogens is 2. The standard InChI is InChI=1S/C15H14FN3O2/c1-19-14(7-8-17-19)15(21)18-13-6-5-12(16)10-11(13)4-2-3-9-20/h5-8,10,20H,3,9H2,1H3,(H,18,21). The molecule has 0 atom stereocenters. The van der Waals surface area contributed by atoms with Crippen molar-refractivity contribution in [1.29, 1.82) is 0 Å². The molecule has 0 radical (unpaired) electrons. The fourth-order valence-electron chi connectivity index (χ4n) is 1.73. The minimum Gasteiger partial charge on any atom is -0.395 e. The van der Waals surface area contributed by atoms with Crippen LogP contribution in [0.3, 0.4) is 0 Å². The normalized spacial score (nSPS) is 9.86. The van der Waals surface area contributed by atoms with Gasteiger partial charge in [-0.1, -0.05) is 11.8 Å². The van der Waals surface area contributed by atoms with E-state index in [1.54, 1.807) is 13.1 Å². The topological polar surface area (TPSA) is 67.2 Å². The van der Waals surface area contributed by atoms with Crippen molar-refractivity contribution in [2.75, 3.05) is 11.9 Å². The highest BCUT2D eigenvalue weighted by molar-refractivity contribution is 6.03. The van der Waals surface area contributed by atoms with Crippen molar-refractivity contribution in [1.82, 2.24) is 9.78 Å². The number of aryl methyl sites for hydroxylation is 1. The molecule has 5 nitrogen and oxygen atoms in total. The maximum atomic E-state index is 13.3. The first-order valence-electron chi connectivity index (χ1n) is 6.30. The van der Waals surface area contributed by atoms with Crippen LogP contribution in [-0.2, 0) is 7.05 Å². The minimum atomic E-state index is -0.443. The first-order chi connectivity index (χ1) is 10.1. The lowest BCUT2D eigenvalue weighted by Gasteiger charge is -2.08. The van der Waals surface area contributed by atoms with Gasteiger partial charge in [0.1, 0.15) is 11.5 Å². The summed E-state index contributed by atoms with van der Waals surface area (Å²) in [6.07, 6.45) is 1.80. The molecule has 2 N–H and O–H groups in total. The number of benzene rings is 1. The highest BCUT2D eigenvalue weighted by atomic mass is 19.1. The third-order valence-corrected chi connectivity index (χ3v) is 2.74. The Balaban J connectivity index is 2.26. The molecule has 2 aromatic rings. The van der Waals surface area contributed by atoms with E-state index in [1.165, 1.54) is 29.1 Å². The van der Waals surface area contributed by atoms with Crippen LogP contribution in [0.25, 0.3) is 0 Å². The fourth-order valence-corrected chi connectivity index (χ4v) is 1.73. The van der Waals surface area contributed by atoms with Crippen LogP contribution in [0.5, 0.6) is 0 Å². The molecule has 0 fully saturated rings. The van der Waals surface area contributed by atoms with Gasteiger partial charge in [-0.05, 0) is 24.3 Å². The van der Waals surface area contributed by atoms with Crippen molar-refractivity contribution in [2.45, 2.75) is 6.42 Å². The number of amides is 1. The number of carbonyl (C=O) groups excluding carboxylic acids is 1. The van der Waals surface area contributed by atoms with E-state index in [1.807, 2.05) is 0 Å². The number of nitrogens with one attached hydrogen (secondary N) is 1. The van der Waals surface area contributed by atoms with Gasteiger partial charge in [0.15, 0.2) is 0 Å². The SMILES string of the molecule is Cn1nccc1C(=O)Nc1ccc(F)cc1C#CCCO.